The van der Waals surface area contributed by atoms with Gasteiger partial charge in [-0.2, -0.15) is 0 Å². The van der Waals surface area contributed by atoms with E-state index in [1.54, 1.807) is 36.5 Å². The Morgan fingerprint density at radius 1 is 1.09 bits per heavy atom. The first-order valence-corrected chi connectivity index (χ1v) is 11.5. The molecule has 0 fully saturated rings. The number of imidazole rings is 1. The van der Waals surface area contributed by atoms with Crippen LogP contribution in [0.2, 0.25) is 5.02 Å². The summed E-state index contributed by atoms with van der Waals surface area (Å²) < 4.78 is 41.3. The molecule has 9 heteroatoms. The molecule has 0 aliphatic carbocycles. The summed E-state index contributed by atoms with van der Waals surface area (Å²) in [5.41, 5.74) is 1.50. The molecule has 0 unspecified atom stereocenters. The minimum absolute atomic E-state index is 0.0984. The van der Waals surface area contributed by atoms with E-state index < -0.39 is 5.82 Å². The van der Waals surface area contributed by atoms with Gasteiger partial charge >= 0.3 is 0 Å². The molecule has 0 aliphatic heterocycles. The number of ether oxygens (including phenoxy) is 1. The van der Waals surface area contributed by atoms with Gasteiger partial charge in [0.1, 0.15) is 48.4 Å². The average Bonchev–Trinajstić information content (AvgIpc) is 3.50. The Labute approximate surface area is 206 Å². The van der Waals surface area contributed by atoms with Crippen LogP contribution in [0.1, 0.15) is 41.4 Å². The van der Waals surface area contributed by atoms with E-state index in [1.165, 1.54) is 24.5 Å². The Bertz CT molecular complexity index is 1300. The number of aliphatic hydroxyl groups is 1. The van der Waals surface area contributed by atoms with Gasteiger partial charge in [-0.05, 0) is 49.1 Å². The Balaban J connectivity index is 1.25. The van der Waals surface area contributed by atoms with Crippen molar-refractivity contribution in [2.24, 2.45) is 0 Å². The summed E-state index contributed by atoms with van der Waals surface area (Å²) in [4.78, 5) is 8.34. The maximum absolute atomic E-state index is 14.5. The SMILES string of the molecule is OCc1nccn1CCCCc1ccc(OCc2coc(/C=C/c3ccc(Cl)cc3F)n2)cc1F. The molecule has 182 valence electrons. The number of benzene rings is 2. The van der Waals surface area contributed by atoms with Gasteiger partial charge in [-0.1, -0.05) is 23.7 Å². The van der Waals surface area contributed by atoms with E-state index in [0.717, 1.165) is 19.4 Å². The third-order valence-electron chi connectivity index (χ3n) is 5.39. The highest BCUT2D eigenvalue weighted by Crippen LogP contribution is 2.21. The van der Waals surface area contributed by atoms with Crippen molar-refractivity contribution in [3.8, 4) is 5.75 Å². The summed E-state index contributed by atoms with van der Waals surface area (Å²) in [7, 11) is 0. The normalized spacial score (nSPS) is 11.4. The summed E-state index contributed by atoms with van der Waals surface area (Å²) in [5.74, 6) is 0.545. The van der Waals surface area contributed by atoms with Crippen molar-refractivity contribution in [1.29, 1.82) is 0 Å². The van der Waals surface area contributed by atoms with Gasteiger partial charge in [0.2, 0.25) is 5.89 Å². The van der Waals surface area contributed by atoms with Crippen LogP contribution in [-0.4, -0.2) is 19.6 Å². The van der Waals surface area contributed by atoms with Crippen LogP contribution in [0.15, 0.2) is 59.5 Å². The number of halogens is 3. The second kappa shape index (κ2) is 11.8. The van der Waals surface area contributed by atoms with E-state index >= 15 is 0 Å². The van der Waals surface area contributed by atoms with Crippen LogP contribution in [0.3, 0.4) is 0 Å². The van der Waals surface area contributed by atoms with Gasteiger partial charge in [0.25, 0.3) is 0 Å². The number of aryl methyl sites for hydroxylation is 2. The van der Waals surface area contributed by atoms with Crippen molar-refractivity contribution in [2.45, 2.75) is 39.0 Å². The monoisotopic (exact) mass is 499 g/mol. The molecule has 0 atom stereocenters. The van der Waals surface area contributed by atoms with E-state index in [0.29, 0.717) is 45.7 Å². The summed E-state index contributed by atoms with van der Waals surface area (Å²) in [6.07, 6.45) is 10.2. The van der Waals surface area contributed by atoms with E-state index in [9.17, 15) is 13.9 Å². The van der Waals surface area contributed by atoms with Crippen LogP contribution < -0.4 is 4.74 Å². The van der Waals surface area contributed by atoms with Crippen molar-refractivity contribution >= 4 is 23.8 Å². The van der Waals surface area contributed by atoms with Crippen molar-refractivity contribution in [1.82, 2.24) is 14.5 Å². The number of hydrogen-bond acceptors (Lipinski definition) is 5. The maximum Gasteiger partial charge on any atom is 0.218 e. The fraction of sp³-hybridized carbons (Fsp3) is 0.231. The number of rotatable bonds is 11. The number of nitrogens with zero attached hydrogens (tertiary/aromatic N) is 3. The molecule has 1 N–H and O–H groups in total. The van der Waals surface area contributed by atoms with Crippen LogP contribution >= 0.6 is 11.6 Å². The number of aromatic nitrogens is 3. The van der Waals surface area contributed by atoms with Crippen LogP contribution in [0.4, 0.5) is 8.78 Å². The molecular formula is C26H24ClF2N3O3. The van der Waals surface area contributed by atoms with Gasteiger partial charge in [-0.25, -0.2) is 18.7 Å². The van der Waals surface area contributed by atoms with Crippen LogP contribution in [-0.2, 0) is 26.2 Å². The Hall–Kier alpha value is -3.49. The molecule has 4 aromatic rings. The molecule has 0 saturated heterocycles. The molecule has 2 aromatic carbocycles. The Kier molecular flexibility index (Phi) is 8.28. The molecule has 2 heterocycles. The molecule has 0 bridgehead atoms. The predicted molar refractivity (Wildman–Crippen MR) is 129 cm³/mol. The lowest BCUT2D eigenvalue weighted by atomic mass is 10.1. The molecule has 0 amide bonds. The van der Waals surface area contributed by atoms with Crippen LogP contribution in [0.25, 0.3) is 12.2 Å². The molecule has 4 rings (SSSR count). The smallest absolute Gasteiger partial charge is 0.218 e. The van der Waals surface area contributed by atoms with E-state index in [4.69, 9.17) is 20.8 Å². The van der Waals surface area contributed by atoms with Crippen molar-refractivity contribution in [2.75, 3.05) is 0 Å². The highest BCUT2D eigenvalue weighted by atomic mass is 35.5. The second-order valence-corrected chi connectivity index (χ2v) is 8.31. The van der Waals surface area contributed by atoms with Crippen molar-refractivity contribution in [3.05, 3.63) is 100 Å². The molecule has 2 aromatic heterocycles. The summed E-state index contributed by atoms with van der Waals surface area (Å²) >= 11 is 5.75. The molecule has 0 spiro atoms. The Morgan fingerprint density at radius 3 is 2.77 bits per heavy atom. The fourth-order valence-corrected chi connectivity index (χ4v) is 3.69. The third-order valence-corrected chi connectivity index (χ3v) is 5.62. The second-order valence-electron chi connectivity index (χ2n) is 7.87. The van der Waals surface area contributed by atoms with Crippen LogP contribution in [0, 0.1) is 11.6 Å². The molecular weight excluding hydrogens is 476 g/mol. The predicted octanol–water partition coefficient (Wildman–Crippen LogP) is 6.07. The number of aliphatic hydroxyl groups excluding tert-OH is 1. The molecule has 35 heavy (non-hydrogen) atoms. The average molecular weight is 500 g/mol. The third kappa shape index (κ3) is 6.77. The highest BCUT2D eigenvalue weighted by Gasteiger charge is 2.08. The number of unbranched alkanes of at least 4 members (excludes halogenated alkanes) is 1. The largest absolute Gasteiger partial charge is 0.487 e. The van der Waals surface area contributed by atoms with E-state index in [2.05, 4.69) is 9.97 Å². The lowest BCUT2D eigenvalue weighted by Crippen LogP contribution is -2.03. The lowest BCUT2D eigenvalue weighted by molar-refractivity contribution is 0.264. The molecule has 0 radical (unpaired) electrons. The summed E-state index contributed by atoms with van der Waals surface area (Å²) in [5, 5.41) is 9.55. The van der Waals surface area contributed by atoms with Crippen molar-refractivity contribution < 1.29 is 23.0 Å². The van der Waals surface area contributed by atoms with Crippen LogP contribution in [0.5, 0.6) is 5.75 Å². The summed E-state index contributed by atoms with van der Waals surface area (Å²) in [6, 6.07) is 9.20. The number of hydrogen-bond donors (Lipinski definition) is 1. The first-order valence-electron chi connectivity index (χ1n) is 11.1. The minimum Gasteiger partial charge on any atom is -0.487 e. The van der Waals surface area contributed by atoms with Gasteiger partial charge in [-0.3, -0.25) is 0 Å². The quantitative estimate of drug-likeness (QED) is 0.254. The van der Waals surface area contributed by atoms with Gasteiger partial charge in [-0.15, -0.1) is 0 Å². The van der Waals surface area contributed by atoms with E-state index in [1.807, 2.05) is 10.8 Å². The zero-order valence-electron chi connectivity index (χ0n) is 18.8. The van der Waals surface area contributed by atoms with E-state index in [-0.39, 0.29) is 19.0 Å². The standard InChI is InChI=1S/C26H24ClF2N3O3/c27-20-7-4-19(23(28)13-20)6-9-26-31-21(17-35-26)16-34-22-8-5-18(24(29)14-22)3-1-2-11-32-12-10-30-25(32)15-33/h4-10,12-14,17,33H,1-3,11,15-16H2/b9-6+. The Morgan fingerprint density at radius 2 is 1.97 bits per heavy atom. The first kappa shape index (κ1) is 24.6. The molecule has 0 saturated carbocycles. The van der Waals surface area contributed by atoms with Crippen molar-refractivity contribution in [3.63, 3.8) is 0 Å². The topological polar surface area (TPSA) is 73.3 Å². The summed E-state index contributed by atoms with van der Waals surface area (Å²) in [6.45, 7) is 0.727. The number of oxazole rings is 1. The minimum atomic E-state index is -0.441. The van der Waals surface area contributed by atoms with Gasteiger partial charge in [0.05, 0.1) is 0 Å². The maximum atomic E-state index is 14.5. The molecule has 6 nitrogen and oxygen atoms in total. The fourth-order valence-electron chi connectivity index (χ4n) is 3.53. The van der Waals surface area contributed by atoms with Gasteiger partial charge < -0.3 is 18.8 Å². The zero-order chi connectivity index (χ0) is 24.6. The van der Waals surface area contributed by atoms with Gasteiger partial charge in [0, 0.05) is 41.7 Å². The zero-order valence-corrected chi connectivity index (χ0v) is 19.6. The van der Waals surface area contributed by atoms with Gasteiger partial charge in [0.15, 0.2) is 0 Å². The lowest BCUT2D eigenvalue weighted by Gasteiger charge is -2.08. The first-order chi connectivity index (χ1) is 17.0. The highest BCUT2D eigenvalue weighted by molar-refractivity contribution is 6.30. The molecule has 0 aliphatic rings.